The van der Waals surface area contributed by atoms with Crippen LogP contribution in [0.3, 0.4) is 0 Å². The van der Waals surface area contributed by atoms with E-state index in [1.54, 1.807) is 31.4 Å². The molecule has 1 unspecified atom stereocenters. The van der Waals surface area contributed by atoms with Crippen molar-refractivity contribution < 1.29 is 9.53 Å². The molecule has 0 saturated carbocycles. The maximum atomic E-state index is 12.6. The van der Waals surface area contributed by atoms with Gasteiger partial charge < -0.3 is 15.0 Å². The fourth-order valence-corrected chi connectivity index (χ4v) is 2.70. The fourth-order valence-electron chi connectivity index (χ4n) is 2.29. The van der Waals surface area contributed by atoms with Crippen molar-refractivity contribution in [3.63, 3.8) is 0 Å². The molecule has 108 valence electrons. The molecule has 1 heterocycles. The van der Waals surface area contributed by atoms with Gasteiger partial charge in [-0.3, -0.25) is 4.79 Å². The molecular formula is C15H19BrN2O2. The number of carbonyl (C=O) groups excluding carboxylic acids is 1. The summed E-state index contributed by atoms with van der Waals surface area (Å²) < 4.78 is 5.11. The Balaban J connectivity index is 2.32. The van der Waals surface area contributed by atoms with Gasteiger partial charge in [0.15, 0.2) is 0 Å². The van der Waals surface area contributed by atoms with Gasteiger partial charge in [0.25, 0.3) is 0 Å². The zero-order valence-electron chi connectivity index (χ0n) is 11.9. The zero-order chi connectivity index (χ0) is 14.7. The van der Waals surface area contributed by atoms with Crippen molar-refractivity contribution in [2.24, 2.45) is 0 Å². The summed E-state index contributed by atoms with van der Waals surface area (Å²) in [5, 5.41) is 3.24. The molecule has 1 atom stereocenters. The number of nitrogens with one attached hydrogen (secondary N) is 1. The summed E-state index contributed by atoms with van der Waals surface area (Å²) >= 11 is 3.59. The Morgan fingerprint density at radius 1 is 1.45 bits per heavy atom. The van der Waals surface area contributed by atoms with Crippen molar-refractivity contribution >= 4 is 21.7 Å². The monoisotopic (exact) mass is 338 g/mol. The zero-order valence-corrected chi connectivity index (χ0v) is 13.5. The highest BCUT2D eigenvalue weighted by Gasteiger charge is 2.26. The Morgan fingerprint density at radius 3 is 2.65 bits per heavy atom. The number of allylic oxidation sites excluding steroid dienone is 2. The first-order valence-electron chi connectivity index (χ1n) is 6.61. The van der Waals surface area contributed by atoms with E-state index in [-0.39, 0.29) is 10.7 Å². The normalized spacial score (nSPS) is 18.8. The molecule has 20 heavy (non-hydrogen) atoms. The molecule has 0 fully saturated rings. The lowest BCUT2D eigenvalue weighted by Crippen LogP contribution is -2.44. The molecule has 4 nitrogen and oxygen atoms in total. The molecule has 1 aliphatic rings. The van der Waals surface area contributed by atoms with Crippen molar-refractivity contribution in [2.75, 3.05) is 20.7 Å². The predicted octanol–water partition coefficient (Wildman–Crippen LogP) is 2.76. The number of ketones is 1. The van der Waals surface area contributed by atoms with Crippen LogP contribution in [0.2, 0.25) is 0 Å². The van der Waals surface area contributed by atoms with Crippen LogP contribution in [0.5, 0.6) is 5.75 Å². The Morgan fingerprint density at radius 2 is 2.10 bits per heavy atom. The van der Waals surface area contributed by atoms with Crippen LogP contribution in [-0.4, -0.2) is 36.3 Å². The van der Waals surface area contributed by atoms with Gasteiger partial charge >= 0.3 is 0 Å². The summed E-state index contributed by atoms with van der Waals surface area (Å²) in [6.45, 7) is 2.76. The van der Waals surface area contributed by atoms with Crippen LogP contribution in [0.15, 0.2) is 35.7 Å². The summed E-state index contributed by atoms with van der Waals surface area (Å²) in [4.78, 5) is 14.9. The third-order valence-corrected chi connectivity index (χ3v) is 4.43. The number of carbonyl (C=O) groups is 1. The van der Waals surface area contributed by atoms with Gasteiger partial charge in [-0.05, 0) is 30.7 Å². The van der Waals surface area contributed by atoms with Crippen LogP contribution in [0.4, 0.5) is 0 Å². The highest BCUT2D eigenvalue weighted by Crippen LogP contribution is 2.24. The van der Waals surface area contributed by atoms with E-state index in [2.05, 4.69) is 33.1 Å². The number of ether oxygens (including phenoxy) is 1. The molecule has 1 aromatic carbocycles. The Hall–Kier alpha value is -1.49. The van der Waals surface area contributed by atoms with E-state index in [0.717, 1.165) is 17.9 Å². The van der Waals surface area contributed by atoms with E-state index in [0.29, 0.717) is 17.8 Å². The number of rotatable bonds is 4. The summed E-state index contributed by atoms with van der Waals surface area (Å²) in [6, 6.07) is 7.20. The van der Waals surface area contributed by atoms with Crippen LogP contribution in [0.1, 0.15) is 23.7 Å². The Kier molecular flexibility index (Phi) is 4.70. The third-order valence-electron chi connectivity index (χ3n) is 3.50. The smallest absolute Gasteiger partial charge is 0.210 e. The van der Waals surface area contributed by atoms with Crippen LogP contribution >= 0.6 is 15.9 Å². The molecule has 1 N–H and O–H groups in total. The minimum atomic E-state index is 0.0238. The molecule has 2 rings (SSSR count). The lowest BCUT2D eigenvalue weighted by atomic mass is 10.0. The van der Waals surface area contributed by atoms with Gasteiger partial charge in [-0.2, -0.15) is 0 Å². The molecule has 1 aliphatic heterocycles. The minimum absolute atomic E-state index is 0.0238. The number of alkyl halides is 1. The SMILES string of the molecule is CCC1=C(C(=O)c2ccc(OC)cc2)NCC(Br)N1C. The van der Waals surface area contributed by atoms with E-state index in [1.165, 1.54) is 0 Å². The first kappa shape index (κ1) is 14.9. The van der Waals surface area contributed by atoms with Crippen LogP contribution in [0.25, 0.3) is 0 Å². The minimum Gasteiger partial charge on any atom is -0.497 e. The van der Waals surface area contributed by atoms with Crippen molar-refractivity contribution in [1.82, 2.24) is 10.2 Å². The number of methoxy groups -OCH3 is 1. The molecule has 0 bridgehead atoms. The lowest BCUT2D eigenvalue weighted by Gasteiger charge is -2.35. The maximum Gasteiger partial charge on any atom is 0.210 e. The van der Waals surface area contributed by atoms with Gasteiger partial charge in [-0.1, -0.05) is 22.9 Å². The first-order chi connectivity index (χ1) is 9.58. The van der Waals surface area contributed by atoms with Gasteiger partial charge in [-0.25, -0.2) is 0 Å². The predicted molar refractivity (Wildman–Crippen MR) is 83.1 cm³/mol. The van der Waals surface area contributed by atoms with Crippen LogP contribution in [0, 0.1) is 0 Å². The Bertz CT molecular complexity index is 525. The van der Waals surface area contributed by atoms with Crippen molar-refractivity contribution in [1.29, 1.82) is 0 Å². The Labute approximate surface area is 127 Å². The standard InChI is InChI=1S/C15H19BrN2O2/c1-4-12-14(17-9-13(16)18(12)2)15(19)10-5-7-11(20-3)8-6-10/h5-8,13,17H,4,9H2,1-3H3. The number of hydrogen-bond donors (Lipinski definition) is 1. The summed E-state index contributed by atoms with van der Waals surface area (Å²) in [6.07, 6.45) is 0.808. The number of likely N-dealkylation sites (N-methyl/N-ethyl adjacent to an activating group) is 1. The molecule has 1 aromatic rings. The summed E-state index contributed by atoms with van der Waals surface area (Å²) in [5.41, 5.74) is 2.38. The highest BCUT2D eigenvalue weighted by molar-refractivity contribution is 9.09. The second-order valence-electron chi connectivity index (χ2n) is 4.66. The van der Waals surface area contributed by atoms with Gasteiger partial charge in [0.05, 0.1) is 7.11 Å². The molecule has 5 heteroatoms. The molecule has 0 saturated heterocycles. The second-order valence-corrected chi connectivity index (χ2v) is 5.72. The molecule has 0 aliphatic carbocycles. The van der Waals surface area contributed by atoms with Crippen molar-refractivity contribution in [3.8, 4) is 5.75 Å². The summed E-state index contributed by atoms with van der Waals surface area (Å²) in [5.74, 6) is 0.774. The largest absolute Gasteiger partial charge is 0.497 e. The average molecular weight is 339 g/mol. The quantitative estimate of drug-likeness (QED) is 0.520. The third kappa shape index (κ3) is 2.82. The second kappa shape index (κ2) is 6.31. The van der Waals surface area contributed by atoms with Gasteiger partial charge in [0.1, 0.15) is 16.4 Å². The number of nitrogens with zero attached hydrogens (tertiary/aromatic N) is 1. The molecular weight excluding hydrogens is 320 g/mol. The van der Waals surface area contributed by atoms with Gasteiger partial charge in [0, 0.05) is 24.9 Å². The maximum absolute atomic E-state index is 12.6. The average Bonchev–Trinajstić information content (AvgIpc) is 2.49. The van der Waals surface area contributed by atoms with Crippen LogP contribution in [-0.2, 0) is 0 Å². The van der Waals surface area contributed by atoms with Gasteiger partial charge in [0.2, 0.25) is 5.78 Å². The number of benzene rings is 1. The highest BCUT2D eigenvalue weighted by atomic mass is 79.9. The number of halogens is 1. The molecule has 0 spiro atoms. The van der Waals surface area contributed by atoms with E-state index in [4.69, 9.17) is 4.74 Å². The topological polar surface area (TPSA) is 41.6 Å². The van der Waals surface area contributed by atoms with Crippen LogP contribution < -0.4 is 10.1 Å². The fraction of sp³-hybridized carbons (Fsp3) is 0.400. The van der Waals surface area contributed by atoms with Gasteiger partial charge in [-0.15, -0.1) is 0 Å². The first-order valence-corrected chi connectivity index (χ1v) is 7.52. The van der Waals surface area contributed by atoms with Crippen molar-refractivity contribution in [3.05, 3.63) is 41.2 Å². The summed E-state index contributed by atoms with van der Waals surface area (Å²) in [7, 11) is 3.61. The molecule has 0 radical (unpaired) electrons. The number of hydrogen-bond acceptors (Lipinski definition) is 4. The van der Waals surface area contributed by atoms with E-state index in [1.807, 2.05) is 7.05 Å². The van der Waals surface area contributed by atoms with Crippen molar-refractivity contribution in [2.45, 2.75) is 18.3 Å². The lowest BCUT2D eigenvalue weighted by molar-refractivity contribution is 0.101. The van der Waals surface area contributed by atoms with E-state index in [9.17, 15) is 4.79 Å². The molecule has 0 aromatic heterocycles. The molecule has 0 amide bonds. The van der Waals surface area contributed by atoms with E-state index < -0.39 is 0 Å². The number of Topliss-reactive ketones (excluding diaryl/α,β-unsaturated/α-hetero) is 1. The van der Waals surface area contributed by atoms with E-state index >= 15 is 0 Å².